The van der Waals surface area contributed by atoms with E-state index in [2.05, 4.69) is 0 Å². The maximum Gasteiger partial charge on any atom is 0.255 e. The molecular formula is C11H15F3N2. The van der Waals surface area contributed by atoms with Crippen LogP contribution in [0.3, 0.4) is 0 Å². The van der Waals surface area contributed by atoms with Gasteiger partial charge in [-0.15, -0.1) is 0 Å². The summed E-state index contributed by atoms with van der Waals surface area (Å²) in [6.07, 6.45) is -1.90. The maximum absolute atomic E-state index is 13.2. The van der Waals surface area contributed by atoms with Crippen LogP contribution < -0.4 is 10.6 Å². The molecule has 1 aromatic carbocycles. The number of hydrogen-bond acceptors (Lipinski definition) is 2. The van der Waals surface area contributed by atoms with Gasteiger partial charge in [0.15, 0.2) is 0 Å². The van der Waals surface area contributed by atoms with Gasteiger partial charge in [-0.25, -0.2) is 13.2 Å². The number of benzene rings is 1. The number of halogens is 3. The van der Waals surface area contributed by atoms with Crippen molar-refractivity contribution >= 4 is 5.69 Å². The third-order valence-electron chi connectivity index (χ3n) is 2.23. The second kappa shape index (κ2) is 5.75. The van der Waals surface area contributed by atoms with Crippen molar-refractivity contribution in [2.45, 2.75) is 12.8 Å². The molecule has 0 radical (unpaired) electrons. The van der Waals surface area contributed by atoms with Crippen LogP contribution in [0.4, 0.5) is 18.9 Å². The van der Waals surface area contributed by atoms with Gasteiger partial charge < -0.3 is 10.6 Å². The Labute approximate surface area is 92.9 Å². The van der Waals surface area contributed by atoms with E-state index in [1.807, 2.05) is 0 Å². The largest absolute Gasteiger partial charge is 0.369 e. The quantitative estimate of drug-likeness (QED) is 0.841. The van der Waals surface area contributed by atoms with Gasteiger partial charge in [0.1, 0.15) is 5.82 Å². The fourth-order valence-electron chi connectivity index (χ4n) is 1.48. The van der Waals surface area contributed by atoms with Crippen LogP contribution in [0.5, 0.6) is 0 Å². The average Bonchev–Trinajstić information content (AvgIpc) is 2.16. The number of nitrogens with two attached hydrogens (primary N) is 1. The second-order valence-corrected chi connectivity index (χ2v) is 3.63. The first-order valence-electron chi connectivity index (χ1n) is 5.01. The Bertz CT molecular complexity index is 342. The fourth-order valence-corrected chi connectivity index (χ4v) is 1.48. The Morgan fingerprint density at radius 3 is 2.56 bits per heavy atom. The number of hydrogen-bond donors (Lipinski definition) is 1. The lowest BCUT2D eigenvalue weighted by Gasteiger charge is -2.19. The molecule has 0 aliphatic carbocycles. The molecule has 0 amide bonds. The zero-order chi connectivity index (χ0) is 12.1. The predicted octanol–water partition coefficient (Wildman–Crippen LogP) is 2.03. The van der Waals surface area contributed by atoms with E-state index >= 15 is 0 Å². The van der Waals surface area contributed by atoms with Crippen LogP contribution in [0.25, 0.3) is 0 Å². The predicted molar refractivity (Wildman–Crippen MR) is 58.4 cm³/mol. The highest BCUT2D eigenvalue weighted by Crippen LogP contribution is 2.18. The van der Waals surface area contributed by atoms with E-state index in [4.69, 9.17) is 5.73 Å². The Balaban J connectivity index is 2.86. The SMILES string of the molecule is CN(CC(F)F)c1cc(F)cc(CCN)c1. The molecule has 2 nitrogen and oxygen atoms in total. The molecule has 16 heavy (non-hydrogen) atoms. The lowest BCUT2D eigenvalue weighted by atomic mass is 10.1. The summed E-state index contributed by atoms with van der Waals surface area (Å²) in [6, 6.07) is 4.29. The lowest BCUT2D eigenvalue weighted by Crippen LogP contribution is -2.24. The highest BCUT2D eigenvalue weighted by Gasteiger charge is 2.10. The molecule has 0 saturated heterocycles. The van der Waals surface area contributed by atoms with Gasteiger partial charge in [0.05, 0.1) is 6.54 Å². The average molecular weight is 232 g/mol. The van der Waals surface area contributed by atoms with Crippen molar-refractivity contribution < 1.29 is 13.2 Å². The van der Waals surface area contributed by atoms with Crippen molar-refractivity contribution in [3.8, 4) is 0 Å². The molecule has 90 valence electrons. The minimum Gasteiger partial charge on any atom is -0.369 e. The van der Waals surface area contributed by atoms with Crippen molar-refractivity contribution in [2.75, 3.05) is 25.0 Å². The molecule has 0 fully saturated rings. The monoisotopic (exact) mass is 232 g/mol. The van der Waals surface area contributed by atoms with Gasteiger partial charge in [-0.2, -0.15) is 0 Å². The third-order valence-corrected chi connectivity index (χ3v) is 2.23. The summed E-state index contributed by atoms with van der Waals surface area (Å²) in [5.41, 5.74) is 6.53. The van der Waals surface area contributed by atoms with Gasteiger partial charge in [-0.1, -0.05) is 0 Å². The van der Waals surface area contributed by atoms with E-state index in [9.17, 15) is 13.2 Å². The first-order valence-corrected chi connectivity index (χ1v) is 5.01. The van der Waals surface area contributed by atoms with Crippen molar-refractivity contribution in [1.82, 2.24) is 0 Å². The van der Waals surface area contributed by atoms with Crippen LogP contribution >= 0.6 is 0 Å². The van der Waals surface area contributed by atoms with Gasteiger partial charge in [0.2, 0.25) is 0 Å². The van der Waals surface area contributed by atoms with E-state index in [1.165, 1.54) is 24.1 Å². The summed E-state index contributed by atoms with van der Waals surface area (Å²) in [5, 5.41) is 0. The number of anilines is 1. The summed E-state index contributed by atoms with van der Waals surface area (Å²) in [6.45, 7) is -0.00697. The fraction of sp³-hybridized carbons (Fsp3) is 0.455. The summed E-state index contributed by atoms with van der Waals surface area (Å²) in [7, 11) is 1.51. The van der Waals surface area contributed by atoms with Crippen LogP contribution in [-0.4, -0.2) is 26.6 Å². The van der Waals surface area contributed by atoms with E-state index < -0.39 is 18.8 Å². The Hall–Kier alpha value is -1.23. The standard InChI is InChI=1S/C11H15F3N2/c1-16(7-11(13)14)10-5-8(2-3-15)4-9(12)6-10/h4-6,11H,2-3,7,15H2,1H3. The highest BCUT2D eigenvalue weighted by molar-refractivity contribution is 5.48. The summed E-state index contributed by atoms with van der Waals surface area (Å²) < 4.78 is 37.5. The number of alkyl halides is 2. The van der Waals surface area contributed by atoms with E-state index in [0.29, 0.717) is 18.7 Å². The van der Waals surface area contributed by atoms with Crippen LogP contribution in [0.2, 0.25) is 0 Å². The van der Waals surface area contributed by atoms with Gasteiger partial charge in [-0.05, 0) is 36.7 Å². The topological polar surface area (TPSA) is 29.3 Å². The van der Waals surface area contributed by atoms with E-state index in [1.54, 1.807) is 6.07 Å². The molecule has 0 spiro atoms. The number of nitrogens with zero attached hydrogens (tertiary/aromatic N) is 1. The molecule has 0 aliphatic heterocycles. The minimum atomic E-state index is -2.44. The molecule has 1 rings (SSSR count). The molecule has 0 atom stereocenters. The normalized spacial score (nSPS) is 10.9. The van der Waals surface area contributed by atoms with Gasteiger partial charge >= 0.3 is 0 Å². The second-order valence-electron chi connectivity index (χ2n) is 3.63. The first-order chi connectivity index (χ1) is 7.52. The smallest absolute Gasteiger partial charge is 0.255 e. The minimum absolute atomic E-state index is 0.404. The van der Waals surface area contributed by atoms with Gasteiger partial charge in [0, 0.05) is 12.7 Å². The molecule has 5 heteroatoms. The molecule has 0 unspecified atom stereocenters. The first kappa shape index (κ1) is 12.8. The Kier molecular flexibility index (Phi) is 4.61. The Morgan fingerprint density at radius 1 is 1.31 bits per heavy atom. The van der Waals surface area contributed by atoms with Crippen LogP contribution in [0, 0.1) is 5.82 Å². The molecule has 0 aromatic heterocycles. The summed E-state index contributed by atoms with van der Waals surface area (Å²) in [5.74, 6) is -0.429. The van der Waals surface area contributed by atoms with Crippen molar-refractivity contribution in [3.63, 3.8) is 0 Å². The molecule has 2 N–H and O–H groups in total. The molecule has 0 saturated carbocycles. The van der Waals surface area contributed by atoms with Crippen LogP contribution in [0.15, 0.2) is 18.2 Å². The maximum atomic E-state index is 13.2. The van der Waals surface area contributed by atoms with E-state index in [0.717, 1.165) is 5.56 Å². The number of rotatable bonds is 5. The van der Waals surface area contributed by atoms with Crippen LogP contribution in [0.1, 0.15) is 5.56 Å². The molecule has 0 bridgehead atoms. The lowest BCUT2D eigenvalue weighted by molar-refractivity contribution is 0.156. The molecule has 0 aliphatic rings. The summed E-state index contributed by atoms with van der Waals surface area (Å²) >= 11 is 0. The summed E-state index contributed by atoms with van der Waals surface area (Å²) in [4.78, 5) is 1.33. The Morgan fingerprint density at radius 2 is 2.00 bits per heavy atom. The van der Waals surface area contributed by atoms with Crippen molar-refractivity contribution in [1.29, 1.82) is 0 Å². The molecule has 1 aromatic rings. The van der Waals surface area contributed by atoms with Gasteiger partial charge in [-0.3, -0.25) is 0 Å². The molecule has 0 heterocycles. The zero-order valence-electron chi connectivity index (χ0n) is 9.09. The van der Waals surface area contributed by atoms with Crippen LogP contribution in [-0.2, 0) is 6.42 Å². The zero-order valence-corrected chi connectivity index (χ0v) is 9.09. The van der Waals surface area contributed by atoms with Gasteiger partial charge in [0.25, 0.3) is 6.43 Å². The van der Waals surface area contributed by atoms with Crippen molar-refractivity contribution in [2.24, 2.45) is 5.73 Å². The third kappa shape index (κ3) is 3.73. The highest BCUT2D eigenvalue weighted by atomic mass is 19.3. The van der Waals surface area contributed by atoms with Crippen molar-refractivity contribution in [3.05, 3.63) is 29.6 Å². The van der Waals surface area contributed by atoms with E-state index in [-0.39, 0.29) is 0 Å². The molecular weight excluding hydrogens is 217 g/mol.